The summed E-state index contributed by atoms with van der Waals surface area (Å²) < 4.78 is 4.72. The Labute approximate surface area is 176 Å². The summed E-state index contributed by atoms with van der Waals surface area (Å²) in [5.41, 5.74) is 1.40. The van der Waals surface area contributed by atoms with Crippen molar-refractivity contribution < 1.29 is 19.1 Å². The summed E-state index contributed by atoms with van der Waals surface area (Å²) in [6.07, 6.45) is 9.43. The summed E-state index contributed by atoms with van der Waals surface area (Å²) >= 11 is 0. The monoisotopic (exact) mass is 404 g/mol. The molecular weight excluding hydrogens is 380 g/mol. The first-order valence-corrected chi connectivity index (χ1v) is 9.88. The second-order valence-corrected chi connectivity index (χ2v) is 7.16. The zero-order valence-corrected chi connectivity index (χ0v) is 16.8. The van der Waals surface area contributed by atoms with Crippen molar-refractivity contribution in [1.82, 2.24) is 5.32 Å². The highest BCUT2D eigenvalue weighted by Crippen LogP contribution is 2.29. The molecule has 3 rings (SSSR count). The molecule has 1 fully saturated rings. The lowest BCUT2D eigenvalue weighted by molar-refractivity contribution is -0.125. The van der Waals surface area contributed by atoms with Crippen LogP contribution in [0.3, 0.4) is 0 Å². The van der Waals surface area contributed by atoms with Crippen LogP contribution < -0.4 is 10.2 Å². The van der Waals surface area contributed by atoms with E-state index in [-0.39, 0.29) is 11.9 Å². The minimum atomic E-state index is -0.931. The molecule has 1 N–H and O–H groups in total. The molecular formula is C24H24N2O4. The van der Waals surface area contributed by atoms with E-state index in [0.29, 0.717) is 16.8 Å². The van der Waals surface area contributed by atoms with Crippen molar-refractivity contribution in [3.63, 3.8) is 0 Å². The summed E-state index contributed by atoms with van der Waals surface area (Å²) in [6, 6.07) is 14.4. The van der Waals surface area contributed by atoms with Gasteiger partial charge in [-0.2, -0.15) is 0 Å². The normalized spacial score (nSPS) is 14.4. The molecule has 0 radical (unpaired) electrons. The molecule has 6 nitrogen and oxygen atoms in total. The predicted octanol–water partition coefficient (Wildman–Crippen LogP) is 3.24. The molecule has 2 aromatic carbocycles. The number of amides is 2. The molecule has 0 spiro atoms. The Bertz CT molecular complexity index is 941. The largest absolute Gasteiger partial charge is 0.465 e. The lowest BCUT2D eigenvalue weighted by atomic mass is 10.0. The van der Waals surface area contributed by atoms with Gasteiger partial charge in [0.1, 0.15) is 6.04 Å². The van der Waals surface area contributed by atoms with Gasteiger partial charge >= 0.3 is 11.9 Å². The van der Waals surface area contributed by atoms with E-state index in [2.05, 4.69) is 11.2 Å². The standard InChI is InChI=1S/C24H24N2O4/c1-3-21(27)26(20-15-13-18(14-16-20)24(29)30-2)22(17-9-5-4-6-10-17)23(28)25-19-11-7-8-12-19/h1,4-6,9-10,13-16,19,22H,7-8,11-12H2,2H3,(H,25,28). The molecule has 1 aliphatic carbocycles. The summed E-state index contributed by atoms with van der Waals surface area (Å²) in [7, 11) is 1.29. The van der Waals surface area contributed by atoms with E-state index in [1.807, 2.05) is 18.2 Å². The van der Waals surface area contributed by atoms with Crippen molar-refractivity contribution >= 4 is 23.5 Å². The molecule has 1 aliphatic rings. The summed E-state index contributed by atoms with van der Waals surface area (Å²) in [5.74, 6) is 0.709. The van der Waals surface area contributed by atoms with Gasteiger partial charge in [-0.3, -0.25) is 14.5 Å². The number of hydrogen-bond acceptors (Lipinski definition) is 4. The third-order valence-corrected chi connectivity index (χ3v) is 5.23. The lowest BCUT2D eigenvalue weighted by Gasteiger charge is -2.31. The fraction of sp³-hybridized carbons (Fsp3) is 0.292. The van der Waals surface area contributed by atoms with Crippen LogP contribution in [-0.4, -0.2) is 30.9 Å². The number of anilines is 1. The van der Waals surface area contributed by atoms with Crippen LogP contribution in [0.25, 0.3) is 0 Å². The SMILES string of the molecule is C#CC(=O)N(c1ccc(C(=O)OC)cc1)C(C(=O)NC1CCCC1)c1ccccc1. The van der Waals surface area contributed by atoms with Crippen LogP contribution >= 0.6 is 0 Å². The highest BCUT2D eigenvalue weighted by atomic mass is 16.5. The molecule has 154 valence electrons. The maximum Gasteiger partial charge on any atom is 0.337 e. The van der Waals surface area contributed by atoms with Gasteiger partial charge < -0.3 is 10.1 Å². The fourth-order valence-electron chi connectivity index (χ4n) is 3.73. The number of methoxy groups -OCH3 is 1. The molecule has 0 bridgehead atoms. The molecule has 6 heteroatoms. The molecule has 2 amide bonds. The summed E-state index contributed by atoms with van der Waals surface area (Å²) in [5, 5.41) is 3.07. The molecule has 1 atom stereocenters. The van der Waals surface area contributed by atoms with Crippen LogP contribution in [0.5, 0.6) is 0 Å². The first-order valence-electron chi connectivity index (χ1n) is 9.88. The number of esters is 1. The van der Waals surface area contributed by atoms with Crippen LogP contribution in [-0.2, 0) is 14.3 Å². The number of nitrogens with one attached hydrogen (secondary N) is 1. The van der Waals surface area contributed by atoms with Gasteiger partial charge in [0, 0.05) is 11.7 Å². The van der Waals surface area contributed by atoms with Crippen molar-refractivity contribution in [2.24, 2.45) is 0 Å². The van der Waals surface area contributed by atoms with E-state index < -0.39 is 17.9 Å². The van der Waals surface area contributed by atoms with Crippen molar-refractivity contribution in [1.29, 1.82) is 0 Å². The van der Waals surface area contributed by atoms with Crippen LogP contribution in [0.2, 0.25) is 0 Å². The topological polar surface area (TPSA) is 75.7 Å². The van der Waals surface area contributed by atoms with Gasteiger partial charge in [0.05, 0.1) is 12.7 Å². The van der Waals surface area contributed by atoms with Crippen molar-refractivity contribution in [3.05, 3.63) is 65.7 Å². The van der Waals surface area contributed by atoms with E-state index in [0.717, 1.165) is 25.7 Å². The number of ether oxygens (including phenoxy) is 1. The zero-order valence-electron chi connectivity index (χ0n) is 16.8. The second-order valence-electron chi connectivity index (χ2n) is 7.16. The number of terminal acetylenes is 1. The van der Waals surface area contributed by atoms with Gasteiger partial charge in [0.2, 0.25) is 5.91 Å². The van der Waals surface area contributed by atoms with Crippen LogP contribution in [0.15, 0.2) is 54.6 Å². The van der Waals surface area contributed by atoms with E-state index in [4.69, 9.17) is 11.2 Å². The molecule has 2 aromatic rings. The second kappa shape index (κ2) is 9.75. The van der Waals surface area contributed by atoms with Crippen molar-refractivity contribution in [2.75, 3.05) is 12.0 Å². The van der Waals surface area contributed by atoms with Gasteiger partial charge in [-0.15, -0.1) is 6.42 Å². The summed E-state index contributed by atoms with van der Waals surface area (Å²) in [6.45, 7) is 0. The van der Waals surface area contributed by atoms with Crippen molar-refractivity contribution in [3.8, 4) is 12.3 Å². The van der Waals surface area contributed by atoms with Crippen LogP contribution in [0, 0.1) is 12.3 Å². The number of hydrogen-bond donors (Lipinski definition) is 1. The number of rotatable bonds is 6. The number of carbonyl (C=O) groups excluding carboxylic acids is 3. The fourth-order valence-corrected chi connectivity index (χ4v) is 3.73. The third kappa shape index (κ3) is 4.69. The van der Waals surface area contributed by atoms with E-state index in [9.17, 15) is 14.4 Å². The van der Waals surface area contributed by atoms with Gasteiger partial charge in [0.25, 0.3) is 0 Å². The van der Waals surface area contributed by atoms with Gasteiger partial charge in [-0.25, -0.2) is 4.79 Å². The number of benzene rings is 2. The Hall–Kier alpha value is -3.59. The van der Waals surface area contributed by atoms with E-state index >= 15 is 0 Å². The predicted molar refractivity (Wildman–Crippen MR) is 114 cm³/mol. The van der Waals surface area contributed by atoms with Gasteiger partial charge in [-0.05, 0) is 48.6 Å². The first kappa shape index (κ1) is 21.1. The molecule has 0 aromatic heterocycles. The van der Waals surface area contributed by atoms with Crippen LogP contribution in [0.4, 0.5) is 5.69 Å². The number of nitrogens with zero attached hydrogens (tertiary/aromatic N) is 1. The van der Waals surface area contributed by atoms with Gasteiger partial charge in [0.15, 0.2) is 0 Å². The lowest BCUT2D eigenvalue weighted by Crippen LogP contribution is -2.46. The average Bonchev–Trinajstić information content (AvgIpc) is 3.30. The summed E-state index contributed by atoms with van der Waals surface area (Å²) in [4.78, 5) is 39.1. The molecule has 1 saturated carbocycles. The Balaban J connectivity index is 2.01. The Morgan fingerprint density at radius 1 is 1.07 bits per heavy atom. The Morgan fingerprint density at radius 2 is 1.70 bits per heavy atom. The van der Waals surface area contributed by atoms with E-state index in [1.165, 1.54) is 24.1 Å². The molecule has 0 heterocycles. The van der Waals surface area contributed by atoms with Gasteiger partial charge in [-0.1, -0.05) is 43.2 Å². The van der Waals surface area contributed by atoms with Crippen LogP contribution in [0.1, 0.15) is 47.6 Å². The Kier molecular flexibility index (Phi) is 6.87. The highest BCUT2D eigenvalue weighted by molar-refractivity contribution is 6.09. The molecule has 1 unspecified atom stereocenters. The van der Waals surface area contributed by atoms with Crippen molar-refractivity contribution in [2.45, 2.75) is 37.8 Å². The molecule has 30 heavy (non-hydrogen) atoms. The maximum absolute atomic E-state index is 13.3. The highest BCUT2D eigenvalue weighted by Gasteiger charge is 2.33. The minimum absolute atomic E-state index is 0.0909. The number of carbonyl (C=O) groups is 3. The average molecular weight is 404 g/mol. The van der Waals surface area contributed by atoms with E-state index in [1.54, 1.807) is 24.3 Å². The smallest absolute Gasteiger partial charge is 0.337 e. The quantitative estimate of drug-likeness (QED) is 0.592. The minimum Gasteiger partial charge on any atom is -0.465 e. The molecule has 0 saturated heterocycles. The molecule has 0 aliphatic heterocycles. The maximum atomic E-state index is 13.3. The third-order valence-electron chi connectivity index (χ3n) is 5.23. The Morgan fingerprint density at radius 3 is 2.27 bits per heavy atom. The zero-order chi connectivity index (χ0) is 21.5. The first-order chi connectivity index (χ1) is 14.5.